The van der Waals surface area contributed by atoms with Crippen molar-refractivity contribution in [2.24, 2.45) is 5.92 Å². The van der Waals surface area contributed by atoms with Gasteiger partial charge in [-0.25, -0.2) is 0 Å². The number of carbonyl (C=O) groups is 1. The predicted octanol–water partition coefficient (Wildman–Crippen LogP) is 3.69. The average molecular weight is 307 g/mol. The summed E-state index contributed by atoms with van der Waals surface area (Å²) in [5, 5.41) is 4.02. The molecule has 5 nitrogen and oxygen atoms in total. The van der Waals surface area contributed by atoms with Crippen molar-refractivity contribution in [3.05, 3.63) is 11.7 Å². The van der Waals surface area contributed by atoms with E-state index in [0.717, 1.165) is 38.2 Å². The van der Waals surface area contributed by atoms with E-state index in [4.69, 9.17) is 4.52 Å². The lowest BCUT2D eigenvalue weighted by atomic mass is 9.93. The van der Waals surface area contributed by atoms with Crippen LogP contribution in [0.25, 0.3) is 0 Å². The largest absolute Gasteiger partial charge is 0.343 e. The summed E-state index contributed by atoms with van der Waals surface area (Å²) < 4.78 is 5.06. The van der Waals surface area contributed by atoms with E-state index < -0.39 is 0 Å². The van der Waals surface area contributed by atoms with Gasteiger partial charge in [0.05, 0.1) is 0 Å². The lowest BCUT2D eigenvalue weighted by Gasteiger charge is -2.31. The molecule has 1 amide bonds. The quantitative estimate of drug-likeness (QED) is 0.771. The maximum atomic E-state index is 12.5. The second-order valence-electron chi connectivity index (χ2n) is 6.45. The Morgan fingerprint density at radius 3 is 2.64 bits per heavy atom. The van der Waals surface area contributed by atoms with Crippen LogP contribution < -0.4 is 0 Å². The molecule has 0 N–H and O–H groups in total. The molecule has 2 rings (SSSR count). The van der Waals surface area contributed by atoms with Gasteiger partial charge in [0.25, 0.3) is 0 Å². The minimum Gasteiger partial charge on any atom is -0.343 e. The Balaban J connectivity index is 1.79. The first-order valence-electron chi connectivity index (χ1n) is 8.72. The maximum Gasteiger partial charge on any atom is 0.223 e. The Bertz CT molecular complexity index is 464. The van der Waals surface area contributed by atoms with Crippen molar-refractivity contribution in [2.45, 2.75) is 71.6 Å². The van der Waals surface area contributed by atoms with Crippen LogP contribution in [0.4, 0.5) is 0 Å². The fourth-order valence-electron chi connectivity index (χ4n) is 3.19. The summed E-state index contributed by atoms with van der Waals surface area (Å²) in [6.45, 7) is 7.86. The van der Waals surface area contributed by atoms with Gasteiger partial charge in [-0.3, -0.25) is 4.79 Å². The normalized spacial score (nSPS) is 17.7. The van der Waals surface area contributed by atoms with E-state index in [0.29, 0.717) is 30.1 Å². The van der Waals surface area contributed by atoms with Crippen LogP contribution in [0, 0.1) is 12.8 Å². The molecule has 2 heterocycles. The van der Waals surface area contributed by atoms with Crippen LogP contribution in [0.2, 0.25) is 0 Å². The Kier molecular flexibility index (Phi) is 6.40. The summed E-state index contributed by atoms with van der Waals surface area (Å²) in [4.78, 5) is 18.8. The predicted molar refractivity (Wildman–Crippen MR) is 85.5 cm³/mol. The Morgan fingerprint density at radius 2 is 2.09 bits per heavy atom. The number of hydrogen-bond acceptors (Lipinski definition) is 4. The molecule has 0 spiro atoms. The molecule has 124 valence electrons. The first kappa shape index (κ1) is 17.0. The molecule has 1 aromatic heterocycles. The van der Waals surface area contributed by atoms with Gasteiger partial charge in [-0.1, -0.05) is 38.3 Å². The molecule has 1 saturated heterocycles. The first-order valence-corrected chi connectivity index (χ1v) is 8.72. The number of likely N-dealkylation sites (tertiary alicyclic amines) is 1. The van der Waals surface area contributed by atoms with Gasteiger partial charge in [-0.05, 0) is 25.2 Å². The molecule has 0 radical (unpaired) electrons. The fraction of sp³-hybridized carbons (Fsp3) is 0.824. The number of amides is 1. The van der Waals surface area contributed by atoms with Gasteiger partial charge in [0.15, 0.2) is 5.82 Å². The van der Waals surface area contributed by atoms with E-state index in [-0.39, 0.29) is 0 Å². The number of aryl methyl sites for hydroxylation is 1. The Labute approximate surface area is 133 Å². The van der Waals surface area contributed by atoms with E-state index in [1.165, 1.54) is 19.3 Å². The number of rotatable bonds is 7. The van der Waals surface area contributed by atoms with E-state index in [2.05, 4.69) is 24.0 Å². The molecular weight excluding hydrogens is 278 g/mol. The summed E-state index contributed by atoms with van der Waals surface area (Å²) in [6.07, 6.45) is 7.31. The number of unbranched alkanes of at least 4 members (excludes halogenated alkanes) is 1. The van der Waals surface area contributed by atoms with Gasteiger partial charge in [0.1, 0.15) is 0 Å². The van der Waals surface area contributed by atoms with Crippen molar-refractivity contribution in [1.29, 1.82) is 0 Å². The molecule has 1 aliphatic heterocycles. The van der Waals surface area contributed by atoms with Gasteiger partial charge in [0.2, 0.25) is 11.8 Å². The molecule has 0 saturated carbocycles. The molecule has 22 heavy (non-hydrogen) atoms. The zero-order valence-electron chi connectivity index (χ0n) is 14.2. The van der Waals surface area contributed by atoms with E-state index in [1.54, 1.807) is 0 Å². The third-order valence-corrected chi connectivity index (χ3v) is 4.76. The maximum absolute atomic E-state index is 12.5. The van der Waals surface area contributed by atoms with Gasteiger partial charge in [0, 0.05) is 32.4 Å². The highest BCUT2D eigenvalue weighted by molar-refractivity contribution is 5.76. The van der Waals surface area contributed by atoms with Gasteiger partial charge >= 0.3 is 0 Å². The first-order chi connectivity index (χ1) is 10.6. The zero-order valence-corrected chi connectivity index (χ0v) is 14.2. The molecule has 1 aliphatic rings. The molecule has 0 aromatic carbocycles. The third kappa shape index (κ3) is 4.55. The minimum atomic E-state index is 0.325. The standard InChI is InChI=1S/C17H29N3O2/c1-4-6-7-14(5-2)12-16(21)20-10-8-15(9-11-20)17-18-13(3)22-19-17/h14-15H,4-12H2,1-3H3. The van der Waals surface area contributed by atoms with Gasteiger partial charge in [-0.15, -0.1) is 0 Å². The fourth-order valence-corrected chi connectivity index (χ4v) is 3.19. The summed E-state index contributed by atoms with van der Waals surface area (Å²) in [6, 6.07) is 0. The summed E-state index contributed by atoms with van der Waals surface area (Å²) in [7, 11) is 0. The van der Waals surface area contributed by atoms with Crippen LogP contribution in [0.1, 0.15) is 76.4 Å². The van der Waals surface area contributed by atoms with Crippen LogP contribution in [-0.2, 0) is 4.79 Å². The molecule has 1 atom stereocenters. The Morgan fingerprint density at radius 1 is 1.36 bits per heavy atom. The molecule has 1 unspecified atom stereocenters. The van der Waals surface area contributed by atoms with Crippen molar-refractivity contribution in [3.8, 4) is 0 Å². The third-order valence-electron chi connectivity index (χ3n) is 4.76. The van der Waals surface area contributed by atoms with Crippen LogP contribution in [-0.4, -0.2) is 34.0 Å². The highest BCUT2D eigenvalue weighted by Gasteiger charge is 2.27. The van der Waals surface area contributed by atoms with E-state index in [9.17, 15) is 4.79 Å². The number of nitrogens with zero attached hydrogens (tertiary/aromatic N) is 3. The summed E-state index contributed by atoms with van der Waals surface area (Å²) in [5.41, 5.74) is 0. The SMILES string of the molecule is CCCCC(CC)CC(=O)N1CCC(c2noc(C)n2)CC1. The van der Waals surface area contributed by atoms with Gasteiger partial charge in [-0.2, -0.15) is 4.98 Å². The smallest absolute Gasteiger partial charge is 0.223 e. The highest BCUT2D eigenvalue weighted by atomic mass is 16.5. The van der Waals surface area contributed by atoms with Crippen LogP contribution in [0.3, 0.4) is 0 Å². The van der Waals surface area contributed by atoms with Crippen molar-refractivity contribution >= 4 is 5.91 Å². The lowest BCUT2D eigenvalue weighted by molar-refractivity contribution is -0.133. The molecule has 1 fully saturated rings. The number of piperidine rings is 1. The minimum absolute atomic E-state index is 0.325. The van der Waals surface area contributed by atoms with Crippen LogP contribution in [0.15, 0.2) is 4.52 Å². The number of aromatic nitrogens is 2. The second-order valence-corrected chi connectivity index (χ2v) is 6.45. The topological polar surface area (TPSA) is 59.2 Å². The average Bonchev–Trinajstić information content (AvgIpc) is 2.98. The van der Waals surface area contributed by atoms with Gasteiger partial charge < -0.3 is 9.42 Å². The van der Waals surface area contributed by atoms with Crippen molar-refractivity contribution < 1.29 is 9.32 Å². The van der Waals surface area contributed by atoms with Crippen LogP contribution >= 0.6 is 0 Å². The second kappa shape index (κ2) is 8.30. The van der Waals surface area contributed by atoms with Crippen LogP contribution in [0.5, 0.6) is 0 Å². The van der Waals surface area contributed by atoms with Crippen molar-refractivity contribution in [2.75, 3.05) is 13.1 Å². The molecular formula is C17H29N3O2. The lowest BCUT2D eigenvalue weighted by Crippen LogP contribution is -2.38. The van der Waals surface area contributed by atoms with E-state index in [1.807, 2.05) is 11.8 Å². The summed E-state index contributed by atoms with van der Waals surface area (Å²) >= 11 is 0. The Hall–Kier alpha value is -1.39. The highest BCUT2D eigenvalue weighted by Crippen LogP contribution is 2.27. The molecule has 0 aliphatic carbocycles. The molecule has 0 bridgehead atoms. The molecule has 1 aromatic rings. The van der Waals surface area contributed by atoms with Crippen molar-refractivity contribution in [1.82, 2.24) is 15.0 Å². The number of hydrogen-bond donors (Lipinski definition) is 0. The van der Waals surface area contributed by atoms with E-state index >= 15 is 0 Å². The zero-order chi connectivity index (χ0) is 15.9. The van der Waals surface area contributed by atoms with Crippen molar-refractivity contribution in [3.63, 3.8) is 0 Å². The molecule has 5 heteroatoms. The summed E-state index contributed by atoms with van der Waals surface area (Å²) in [5.74, 6) is 2.63. The monoisotopic (exact) mass is 307 g/mol. The number of carbonyl (C=O) groups excluding carboxylic acids is 1.